The molecule has 1 saturated carbocycles. The minimum absolute atomic E-state index is 0.155. The number of benzene rings is 3. The summed E-state index contributed by atoms with van der Waals surface area (Å²) in [5, 5.41) is 15.1. The van der Waals surface area contributed by atoms with Gasteiger partial charge >= 0.3 is 5.97 Å². The molecular formula is C42H53FN4O2. The molecule has 6 rings (SSSR count). The zero-order valence-corrected chi connectivity index (χ0v) is 29.6. The Morgan fingerprint density at radius 2 is 1.67 bits per heavy atom. The van der Waals surface area contributed by atoms with Crippen molar-refractivity contribution in [2.75, 3.05) is 26.7 Å². The van der Waals surface area contributed by atoms with Crippen LogP contribution in [0.15, 0.2) is 84.9 Å². The Morgan fingerprint density at radius 3 is 2.33 bits per heavy atom. The third-order valence-electron chi connectivity index (χ3n) is 11.1. The molecule has 1 N–H and O–H groups in total. The second-order valence-electron chi connectivity index (χ2n) is 14.9. The van der Waals surface area contributed by atoms with E-state index in [4.69, 9.17) is 5.10 Å². The van der Waals surface area contributed by atoms with E-state index in [9.17, 15) is 14.3 Å². The summed E-state index contributed by atoms with van der Waals surface area (Å²) in [4.78, 5) is 17.0. The van der Waals surface area contributed by atoms with Gasteiger partial charge in [0.05, 0.1) is 5.69 Å². The van der Waals surface area contributed by atoms with Crippen molar-refractivity contribution < 1.29 is 14.3 Å². The SMILES string of the molecule is CCn1nc(Cc2ccc(-c3ccccc3)cc2)cc1C1CCN(CC2CC(N(C)[C@H](CC(C)C)C(=O)O)CC2c2cccc(F)c2)CC1. The van der Waals surface area contributed by atoms with Crippen LogP contribution in [0.2, 0.25) is 0 Å². The number of piperidine rings is 1. The van der Waals surface area contributed by atoms with E-state index in [0.29, 0.717) is 24.2 Å². The number of hydrogen-bond acceptors (Lipinski definition) is 4. The van der Waals surface area contributed by atoms with Gasteiger partial charge in [-0.2, -0.15) is 5.10 Å². The Bertz CT molecular complexity index is 1660. The van der Waals surface area contributed by atoms with Gasteiger partial charge in [0.25, 0.3) is 0 Å². The first-order valence-electron chi connectivity index (χ1n) is 18.3. The van der Waals surface area contributed by atoms with Gasteiger partial charge < -0.3 is 10.0 Å². The molecule has 3 aromatic carbocycles. The standard InChI is InChI=1S/C42H53FN4O2/c1-5-47-40(26-37(44-47)23-30-14-16-32(17-15-30)31-10-7-6-8-11-31)33-18-20-46(21-19-33)28-35-25-38(45(4)41(42(48)49)22-29(2)3)27-39(35)34-12-9-13-36(43)24-34/h6-17,24,26,29,33,35,38-39,41H,5,18-23,25,27-28H2,1-4H3,(H,48,49)/t35?,38?,39?,41-/m1/s1. The fourth-order valence-electron chi connectivity index (χ4n) is 8.47. The molecule has 260 valence electrons. The number of carboxylic acid groups (broad SMARTS) is 1. The van der Waals surface area contributed by atoms with Crippen molar-refractivity contribution in [3.05, 3.63) is 113 Å². The van der Waals surface area contributed by atoms with Crippen LogP contribution >= 0.6 is 0 Å². The fraction of sp³-hybridized carbons (Fsp3) is 0.476. The first kappa shape index (κ1) is 35.0. The van der Waals surface area contributed by atoms with E-state index in [1.807, 2.05) is 19.2 Å². The number of aromatic nitrogens is 2. The highest BCUT2D eigenvalue weighted by Gasteiger charge is 2.41. The number of carbonyl (C=O) groups is 1. The third kappa shape index (κ3) is 8.50. The van der Waals surface area contributed by atoms with E-state index < -0.39 is 12.0 Å². The molecule has 49 heavy (non-hydrogen) atoms. The van der Waals surface area contributed by atoms with Gasteiger partial charge in [-0.15, -0.1) is 0 Å². The Balaban J connectivity index is 1.10. The molecule has 3 unspecified atom stereocenters. The van der Waals surface area contributed by atoms with Crippen LogP contribution in [-0.2, 0) is 17.8 Å². The maximum absolute atomic E-state index is 14.4. The molecule has 0 radical (unpaired) electrons. The summed E-state index contributed by atoms with van der Waals surface area (Å²) in [6.07, 6.45) is 5.42. The number of likely N-dealkylation sites (N-methyl/N-ethyl adjacent to an activating group) is 1. The molecular weight excluding hydrogens is 611 g/mol. The van der Waals surface area contributed by atoms with Crippen LogP contribution in [0.1, 0.15) is 87.2 Å². The highest BCUT2D eigenvalue weighted by molar-refractivity contribution is 5.73. The van der Waals surface area contributed by atoms with Crippen molar-refractivity contribution in [1.82, 2.24) is 19.6 Å². The molecule has 6 nitrogen and oxygen atoms in total. The van der Waals surface area contributed by atoms with Crippen LogP contribution in [0.4, 0.5) is 4.39 Å². The average Bonchev–Trinajstić information content (AvgIpc) is 3.72. The summed E-state index contributed by atoms with van der Waals surface area (Å²) in [6.45, 7) is 10.2. The van der Waals surface area contributed by atoms with Crippen LogP contribution in [0.3, 0.4) is 0 Å². The number of hydrogen-bond donors (Lipinski definition) is 1. The first-order valence-corrected chi connectivity index (χ1v) is 18.3. The Kier molecular flexibility index (Phi) is 11.3. The zero-order valence-electron chi connectivity index (χ0n) is 29.6. The number of likely N-dealkylation sites (tertiary alicyclic amines) is 1. The van der Waals surface area contributed by atoms with Crippen molar-refractivity contribution in [1.29, 1.82) is 0 Å². The molecule has 0 spiro atoms. The van der Waals surface area contributed by atoms with Gasteiger partial charge in [0.2, 0.25) is 0 Å². The van der Waals surface area contributed by atoms with Crippen molar-refractivity contribution in [3.8, 4) is 11.1 Å². The Morgan fingerprint density at radius 1 is 0.959 bits per heavy atom. The summed E-state index contributed by atoms with van der Waals surface area (Å²) < 4.78 is 16.6. The lowest BCUT2D eigenvalue weighted by molar-refractivity contribution is -0.144. The van der Waals surface area contributed by atoms with E-state index >= 15 is 0 Å². The van der Waals surface area contributed by atoms with Gasteiger partial charge in [0, 0.05) is 37.2 Å². The van der Waals surface area contributed by atoms with Crippen LogP contribution in [0.25, 0.3) is 11.1 Å². The van der Waals surface area contributed by atoms with Gasteiger partial charge in [-0.1, -0.05) is 80.6 Å². The maximum atomic E-state index is 14.4. The maximum Gasteiger partial charge on any atom is 0.320 e. The van der Waals surface area contributed by atoms with Crippen molar-refractivity contribution in [2.45, 2.75) is 89.8 Å². The molecule has 1 saturated heterocycles. The van der Waals surface area contributed by atoms with E-state index in [2.05, 4.69) is 95.9 Å². The number of halogens is 1. The topological polar surface area (TPSA) is 61.6 Å². The monoisotopic (exact) mass is 664 g/mol. The van der Waals surface area contributed by atoms with Crippen LogP contribution in [-0.4, -0.2) is 69.4 Å². The molecule has 1 aliphatic heterocycles. The van der Waals surface area contributed by atoms with E-state index in [1.165, 1.54) is 28.5 Å². The lowest BCUT2D eigenvalue weighted by Crippen LogP contribution is -2.45. The van der Waals surface area contributed by atoms with Gasteiger partial charge in [0.1, 0.15) is 11.9 Å². The van der Waals surface area contributed by atoms with Crippen LogP contribution < -0.4 is 0 Å². The molecule has 2 fully saturated rings. The normalized spacial score (nSPS) is 21.1. The smallest absolute Gasteiger partial charge is 0.320 e. The van der Waals surface area contributed by atoms with Gasteiger partial charge in [0.15, 0.2) is 0 Å². The quantitative estimate of drug-likeness (QED) is 0.155. The Labute approximate surface area is 292 Å². The highest BCUT2D eigenvalue weighted by Crippen LogP contribution is 2.43. The fourth-order valence-corrected chi connectivity index (χ4v) is 8.47. The van der Waals surface area contributed by atoms with Crippen molar-refractivity contribution >= 4 is 5.97 Å². The minimum Gasteiger partial charge on any atom is -0.480 e. The first-order chi connectivity index (χ1) is 23.7. The van der Waals surface area contributed by atoms with Gasteiger partial charge in [-0.3, -0.25) is 14.4 Å². The number of aryl methyl sites for hydroxylation is 1. The van der Waals surface area contributed by atoms with Gasteiger partial charge in [-0.05, 0) is 117 Å². The van der Waals surface area contributed by atoms with Gasteiger partial charge in [-0.25, -0.2) is 4.39 Å². The summed E-state index contributed by atoms with van der Waals surface area (Å²) in [7, 11) is 1.98. The number of carboxylic acids is 1. The molecule has 4 aromatic rings. The molecule has 2 aliphatic rings. The third-order valence-corrected chi connectivity index (χ3v) is 11.1. The summed E-state index contributed by atoms with van der Waals surface area (Å²) in [5.74, 6) is 0.382. The molecule has 0 bridgehead atoms. The average molecular weight is 665 g/mol. The molecule has 2 heterocycles. The Hall–Kier alpha value is -3.81. The lowest BCUT2D eigenvalue weighted by Gasteiger charge is -2.35. The second kappa shape index (κ2) is 15.8. The van der Waals surface area contributed by atoms with E-state index in [0.717, 1.165) is 69.5 Å². The lowest BCUT2D eigenvalue weighted by atomic mass is 9.87. The number of rotatable bonds is 13. The van der Waals surface area contributed by atoms with Crippen molar-refractivity contribution in [2.24, 2.45) is 11.8 Å². The molecule has 4 atom stereocenters. The van der Waals surface area contributed by atoms with Crippen LogP contribution in [0.5, 0.6) is 0 Å². The predicted molar refractivity (Wildman–Crippen MR) is 195 cm³/mol. The van der Waals surface area contributed by atoms with Crippen molar-refractivity contribution in [3.63, 3.8) is 0 Å². The molecule has 0 amide bonds. The largest absolute Gasteiger partial charge is 0.480 e. The van der Waals surface area contributed by atoms with E-state index in [1.54, 1.807) is 6.07 Å². The molecule has 1 aliphatic carbocycles. The molecule has 1 aromatic heterocycles. The summed E-state index contributed by atoms with van der Waals surface area (Å²) >= 11 is 0. The minimum atomic E-state index is -0.750. The highest BCUT2D eigenvalue weighted by atomic mass is 19.1. The summed E-state index contributed by atoms with van der Waals surface area (Å²) in [6, 6.07) is 28.4. The summed E-state index contributed by atoms with van der Waals surface area (Å²) in [5.41, 5.74) is 7.26. The predicted octanol–water partition coefficient (Wildman–Crippen LogP) is 8.47. The van der Waals surface area contributed by atoms with E-state index in [-0.39, 0.29) is 17.8 Å². The molecule has 7 heteroatoms. The zero-order chi connectivity index (χ0) is 34.5. The number of nitrogens with zero attached hydrogens (tertiary/aromatic N) is 4. The van der Waals surface area contributed by atoms with Crippen LogP contribution in [0, 0.1) is 17.7 Å². The second-order valence-corrected chi connectivity index (χ2v) is 14.9. The number of aliphatic carboxylic acids is 1.